The van der Waals surface area contributed by atoms with Crippen LogP contribution in [0.15, 0.2) is 10.2 Å². The number of hydrazone groups is 2. The quantitative estimate of drug-likeness (QED) is 0.334. The lowest BCUT2D eigenvalue weighted by Gasteiger charge is -2.26. The van der Waals surface area contributed by atoms with Gasteiger partial charge in [-0.2, -0.15) is 10.2 Å². The Hall–Kier alpha value is -1.80. The molecule has 2 N–H and O–H groups in total. The van der Waals surface area contributed by atoms with Crippen molar-refractivity contribution in [1.29, 1.82) is 0 Å². The van der Waals surface area contributed by atoms with E-state index in [0.29, 0.717) is 12.8 Å². The molecule has 0 aromatic carbocycles. The molecule has 0 spiro atoms. The van der Waals surface area contributed by atoms with Crippen LogP contribution < -0.4 is 10.9 Å². The number of carbonyl (C=O) groups excluding carboxylic acids is 2. The molecule has 2 fully saturated rings. The first-order valence-electron chi connectivity index (χ1n) is 12.7. The van der Waals surface area contributed by atoms with E-state index >= 15 is 0 Å². The third-order valence-corrected chi connectivity index (χ3v) is 6.18. The first-order chi connectivity index (χ1) is 15.6. The third-order valence-electron chi connectivity index (χ3n) is 6.18. The van der Waals surface area contributed by atoms with Crippen LogP contribution in [0.4, 0.5) is 0 Å². The lowest BCUT2D eigenvalue weighted by Crippen LogP contribution is -2.35. The van der Waals surface area contributed by atoms with Crippen molar-refractivity contribution in [1.82, 2.24) is 20.7 Å². The minimum absolute atomic E-state index is 0.00737. The summed E-state index contributed by atoms with van der Waals surface area (Å²) in [7, 11) is 0. The van der Waals surface area contributed by atoms with Crippen LogP contribution in [0.3, 0.4) is 0 Å². The maximum absolute atomic E-state index is 12.0. The predicted molar refractivity (Wildman–Crippen MR) is 131 cm³/mol. The Morgan fingerprint density at radius 3 is 1.41 bits per heavy atom. The van der Waals surface area contributed by atoms with Gasteiger partial charge in [0.25, 0.3) is 0 Å². The summed E-state index contributed by atoms with van der Waals surface area (Å²) in [4.78, 5) is 28.8. The molecular formula is C24H44N6O2. The van der Waals surface area contributed by atoms with Crippen molar-refractivity contribution in [2.45, 2.75) is 90.9 Å². The van der Waals surface area contributed by atoms with Crippen molar-refractivity contribution in [3.63, 3.8) is 0 Å². The van der Waals surface area contributed by atoms with E-state index < -0.39 is 0 Å². The molecule has 8 nitrogen and oxygen atoms in total. The Morgan fingerprint density at radius 2 is 1.06 bits per heavy atom. The molecule has 2 heterocycles. The molecule has 2 aliphatic heterocycles. The van der Waals surface area contributed by atoms with Crippen molar-refractivity contribution in [3.8, 4) is 0 Å². The van der Waals surface area contributed by atoms with E-state index in [1.807, 2.05) is 0 Å². The highest BCUT2D eigenvalue weighted by Crippen LogP contribution is 2.09. The first kappa shape index (κ1) is 26.5. The highest BCUT2D eigenvalue weighted by atomic mass is 16.2. The third kappa shape index (κ3) is 11.2. The fourth-order valence-corrected chi connectivity index (χ4v) is 4.24. The van der Waals surface area contributed by atoms with Gasteiger partial charge >= 0.3 is 0 Å². The molecule has 0 bridgehead atoms. The Balaban J connectivity index is 1.45. The summed E-state index contributed by atoms with van der Waals surface area (Å²) in [6.45, 7) is 10.9. The largest absolute Gasteiger partial charge is 0.303 e. The van der Waals surface area contributed by atoms with Gasteiger partial charge in [-0.05, 0) is 38.8 Å². The number of nitrogens with zero attached hydrogens (tertiary/aromatic N) is 4. The second-order valence-corrected chi connectivity index (χ2v) is 9.02. The Kier molecular flexibility index (Phi) is 13.2. The van der Waals surface area contributed by atoms with Gasteiger partial charge in [-0.1, -0.05) is 26.7 Å². The van der Waals surface area contributed by atoms with Crippen LogP contribution in [0.25, 0.3) is 0 Å². The number of carbonyl (C=O) groups is 2. The van der Waals surface area contributed by atoms with Gasteiger partial charge in [0.1, 0.15) is 0 Å². The van der Waals surface area contributed by atoms with Crippen molar-refractivity contribution in [3.05, 3.63) is 0 Å². The fourth-order valence-electron chi connectivity index (χ4n) is 4.24. The average molecular weight is 449 g/mol. The maximum atomic E-state index is 12.0. The van der Waals surface area contributed by atoms with Gasteiger partial charge in [-0.25, -0.2) is 10.9 Å². The normalized spacial score (nSPS) is 17.8. The summed E-state index contributed by atoms with van der Waals surface area (Å²) < 4.78 is 0. The van der Waals surface area contributed by atoms with E-state index in [-0.39, 0.29) is 11.8 Å². The van der Waals surface area contributed by atoms with Crippen LogP contribution in [0.1, 0.15) is 90.9 Å². The number of rotatable bonds is 13. The van der Waals surface area contributed by atoms with Crippen LogP contribution in [0, 0.1) is 0 Å². The van der Waals surface area contributed by atoms with Crippen LogP contribution in [-0.2, 0) is 9.59 Å². The molecular weight excluding hydrogens is 404 g/mol. The van der Waals surface area contributed by atoms with Gasteiger partial charge in [-0.3, -0.25) is 9.59 Å². The van der Waals surface area contributed by atoms with Crippen molar-refractivity contribution < 1.29 is 9.59 Å². The number of hydrogen-bond donors (Lipinski definition) is 2. The molecule has 0 atom stereocenters. The van der Waals surface area contributed by atoms with Crippen LogP contribution in [0.5, 0.6) is 0 Å². The first-order valence-corrected chi connectivity index (χ1v) is 12.7. The minimum Gasteiger partial charge on any atom is -0.303 e. The molecule has 0 aliphatic carbocycles. The molecule has 0 aromatic rings. The van der Waals surface area contributed by atoms with Gasteiger partial charge < -0.3 is 9.80 Å². The van der Waals surface area contributed by atoms with Gasteiger partial charge in [-0.15, -0.1) is 0 Å². The zero-order valence-corrected chi connectivity index (χ0v) is 20.3. The highest BCUT2D eigenvalue weighted by molar-refractivity contribution is 5.87. The van der Waals surface area contributed by atoms with Crippen molar-refractivity contribution >= 4 is 23.2 Å². The average Bonchev–Trinajstić information content (AvgIpc) is 2.81. The standard InChI is InChI=1S/C24H44N6O2/c1-3-15-29-17-11-21(12-18-29)25-27-23(31)9-7-5-6-8-10-24(32)28-26-22-13-19-30(16-4-2)20-14-22/h3-20H2,1-2H3,(H,27,31)(H,28,32). The van der Waals surface area contributed by atoms with Gasteiger partial charge in [0.2, 0.25) is 11.8 Å². The second kappa shape index (κ2) is 15.9. The van der Waals surface area contributed by atoms with E-state index in [9.17, 15) is 9.59 Å². The SMILES string of the molecule is CCCN1CCC(=NNC(=O)CCCCCCC(=O)NN=C2CCN(CCC)CC2)CC1. The summed E-state index contributed by atoms with van der Waals surface area (Å²) in [5, 5.41) is 8.62. The molecule has 0 aromatic heterocycles. The lowest BCUT2D eigenvalue weighted by atomic mass is 10.1. The number of piperidine rings is 2. The van der Waals surface area contributed by atoms with Gasteiger partial charge in [0, 0.05) is 76.1 Å². The molecule has 32 heavy (non-hydrogen) atoms. The summed E-state index contributed by atoms with van der Waals surface area (Å²) in [6, 6.07) is 0. The predicted octanol–water partition coefficient (Wildman–Crippen LogP) is 3.28. The smallest absolute Gasteiger partial charge is 0.240 e. The lowest BCUT2D eigenvalue weighted by molar-refractivity contribution is -0.122. The Bertz CT molecular complexity index is 560. The summed E-state index contributed by atoms with van der Waals surface area (Å²) >= 11 is 0. The van der Waals surface area contributed by atoms with E-state index in [1.165, 1.54) is 12.8 Å². The highest BCUT2D eigenvalue weighted by Gasteiger charge is 2.15. The zero-order valence-electron chi connectivity index (χ0n) is 20.3. The zero-order chi connectivity index (χ0) is 23.0. The number of unbranched alkanes of at least 4 members (excludes halogenated alkanes) is 3. The molecule has 2 rings (SSSR count). The van der Waals surface area contributed by atoms with E-state index in [1.54, 1.807) is 0 Å². The molecule has 2 aliphatic rings. The molecule has 182 valence electrons. The van der Waals surface area contributed by atoms with Crippen LogP contribution in [0.2, 0.25) is 0 Å². The van der Waals surface area contributed by atoms with Crippen LogP contribution in [-0.4, -0.2) is 72.3 Å². The van der Waals surface area contributed by atoms with E-state index in [2.05, 4.69) is 44.7 Å². The molecule has 0 saturated carbocycles. The minimum atomic E-state index is -0.00737. The summed E-state index contributed by atoms with van der Waals surface area (Å²) in [5.41, 5.74) is 7.64. The summed E-state index contributed by atoms with van der Waals surface area (Å²) in [6.07, 6.45) is 10.7. The van der Waals surface area contributed by atoms with Gasteiger partial charge in [0.15, 0.2) is 0 Å². The molecule has 8 heteroatoms. The Labute approximate surface area is 194 Å². The van der Waals surface area contributed by atoms with Gasteiger partial charge in [0.05, 0.1) is 0 Å². The van der Waals surface area contributed by atoms with E-state index in [4.69, 9.17) is 0 Å². The topological polar surface area (TPSA) is 89.4 Å². The summed E-state index contributed by atoms with van der Waals surface area (Å²) in [5.74, 6) is -0.0147. The fraction of sp³-hybridized carbons (Fsp3) is 0.833. The molecule has 0 radical (unpaired) electrons. The van der Waals surface area contributed by atoms with E-state index in [0.717, 1.165) is 102 Å². The Morgan fingerprint density at radius 1 is 0.688 bits per heavy atom. The van der Waals surface area contributed by atoms with Crippen molar-refractivity contribution in [2.75, 3.05) is 39.3 Å². The van der Waals surface area contributed by atoms with Crippen molar-refractivity contribution in [2.24, 2.45) is 10.2 Å². The number of hydrogen-bond acceptors (Lipinski definition) is 6. The van der Waals surface area contributed by atoms with Crippen LogP contribution >= 0.6 is 0 Å². The monoisotopic (exact) mass is 448 g/mol. The second-order valence-electron chi connectivity index (χ2n) is 9.02. The number of nitrogens with one attached hydrogen (secondary N) is 2. The molecule has 2 saturated heterocycles. The molecule has 0 unspecified atom stereocenters. The number of likely N-dealkylation sites (tertiary alicyclic amines) is 2. The maximum Gasteiger partial charge on any atom is 0.240 e. The number of amides is 2. The molecule has 2 amide bonds.